The summed E-state index contributed by atoms with van der Waals surface area (Å²) in [6, 6.07) is 19.6. The lowest BCUT2D eigenvalue weighted by Crippen LogP contribution is -2.18. The first-order chi connectivity index (χ1) is 14.6. The molecule has 0 spiro atoms. The normalized spacial score (nSPS) is 10.2. The van der Waals surface area contributed by atoms with E-state index in [9.17, 15) is 9.59 Å². The Morgan fingerprint density at radius 1 is 0.700 bits per heavy atom. The van der Waals surface area contributed by atoms with E-state index in [1.165, 1.54) is 0 Å². The highest BCUT2D eigenvalue weighted by Crippen LogP contribution is 2.15. The highest BCUT2D eigenvalue weighted by atomic mass is 16.5. The minimum atomic E-state index is -0.200. The Morgan fingerprint density at radius 2 is 1.10 bits per heavy atom. The van der Waals surface area contributed by atoms with Gasteiger partial charge in [0.2, 0.25) is 11.8 Å². The molecule has 0 saturated carbocycles. The third-order valence-electron chi connectivity index (χ3n) is 4.33. The fraction of sp³-hybridized carbons (Fsp3) is 0.174. The average Bonchev–Trinajstić information content (AvgIpc) is 2.75. The number of carbonyl (C=O) groups is 2. The molecule has 0 unspecified atom stereocenters. The van der Waals surface area contributed by atoms with Gasteiger partial charge in [0.1, 0.15) is 23.1 Å². The predicted molar refractivity (Wildman–Crippen MR) is 115 cm³/mol. The standard InChI is InChI=1S/C23H23N3O4/c1-29-18-10-6-16(7-11-18)14-22(27)25-20-4-3-5-21(24-20)26-23(28)15-17-8-12-19(30-2)13-9-17/h3-13H,14-15H2,1-2H3,(H2,24,25,26,27,28). The van der Waals surface area contributed by atoms with Crippen LogP contribution in [-0.4, -0.2) is 31.0 Å². The fourth-order valence-electron chi connectivity index (χ4n) is 2.81. The van der Waals surface area contributed by atoms with Crippen molar-refractivity contribution in [3.63, 3.8) is 0 Å². The van der Waals surface area contributed by atoms with Gasteiger partial charge in [-0.3, -0.25) is 9.59 Å². The lowest BCUT2D eigenvalue weighted by molar-refractivity contribution is -0.116. The van der Waals surface area contributed by atoms with Crippen molar-refractivity contribution in [2.24, 2.45) is 0 Å². The van der Waals surface area contributed by atoms with E-state index in [0.717, 1.165) is 22.6 Å². The number of ether oxygens (including phenoxy) is 2. The van der Waals surface area contributed by atoms with Gasteiger partial charge >= 0.3 is 0 Å². The number of amides is 2. The van der Waals surface area contributed by atoms with Gasteiger partial charge in [-0.05, 0) is 47.5 Å². The van der Waals surface area contributed by atoms with E-state index in [0.29, 0.717) is 11.6 Å². The van der Waals surface area contributed by atoms with Gasteiger partial charge in [-0.2, -0.15) is 0 Å². The number of carbonyl (C=O) groups excluding carboxylic acids is 2. The number of anilines is 2. The molecule has 0 bridgehead atoms. The van der Waals surface area contributed by atoms with Gasteiger partial charge in [0.15, 0.2) is 0 Å². The summed E-state index contributed by atoms with van der Waals surface area (Å²) in [4.78, 5) is 28.9. The molecule has 0 aliphatic rings. The average molecular weight is 405 g/mol. The summed E-state index contributed by atoms with van der Waals surface area (Å²) in [5, 5.41) is 5.50. The summed E-state index contributed by atoms with van der Waals surface area (Å²) in [6.07, 6.45) is 0.416. The van der Waals surface area contributed by atoms with Gasteiger partial charge in [-0.1, -0.05) is 30.3 Å². The van der Waals surface area contributed by atoms with Crippen molar-refractivity contribution in [3.05, 3.63) is 77.9 Å². The van der Waals surface area contributed by atoms with Crippen LogP contribution in [0.15, 0.2) is 66.7 Å². The molecule has 0 atom stereocenters. The monoisotopic (exact) mass is 405 g/mol. The molecule has 2 amide bonds. The van der Waals surface area contributed by atoms with Crippen LogP contribution in [0.5, 0.6) is 11.5 Å². The van der Waals surface area contributed by atoms with Crippen molar-refractivity contribution >= 4 is 23.5 Å². The summed E-state index contributed by atoms with van der Waals surface area (Å²) >= 11 is 0. The Balaban J connectivity index is 1.55. The van der Waals surface area contributed by atoms with Crippen molar-refractivity contribution in [2.75, 3.05) is 24.9 Å². The molecular formula is C23H23N3O4. The Kier molecular flexibility index (Phi) is 7.00. The number of rotatable bonds is 8. The minimum Gasteiger partial charge on any atom is -0.497 e. The Bertz CT molecular complexity index is 923. The lowest BCUT2D eigenvalue weighted by atomic mass is 10.1. The molecule has 154 valence electrons. The third-order valence-corrected chi connectivity index (χ3v) is 4.33. The molecule has 7 nitrogen and oxygen atoms in total. The van der Waals surface area contributed by atoms with E-state index in [-0.39, 0.29) is 24.7 Å². The first kappa shape index (κ1) is 20.9. The van der Waals surface area contributed by atoms with Crippen molar-refractivity contribution < 1.29 is 19.1 Å². The second-order valence-corrected chi connectivity index (χ2v) is 6.55. The first-order valence-corrected chi connectivity index (χ1v) is 9.38. The van der Waals surface area contributed by atoms with E-state index in [1.54, 1.807) is 56.7 Å². The SMILES string of the molecule is COc1ccc(CC(=O)Nc2cccc(NC(=O)Cc3ccc(OC)cc3)n2)cc1. The quantitative estimate of drug-likeness (QED) is 0.599. The molecule has 3 rings (SSSR count). The molecule has 30 heavy (non-hydrogen) atoms. The Hall–Kier alpha value is -3.87. The van der Waals surface area contributed by atoms with Gasteiger partial charge in [0.05, 0.1) is 27.1 Å². The summed E-state index contributed by atoms with van der Waals surface area (Å²) in [5.41, 5.74) is 1.72. The van der Waals surface area contributed by atoms with Crippen molar-refractivity contribution in [3.8, 4) is 11.5 Å². The van der Waals surface area contributed by atoms with Gasteiger partial charge in [-0.25, -0.2) is 4.98 Å². The van der Waals surface area contributed by atoms with Crippen molar-refractivity contribution in [2.45, 2.75) is 12.8 Å². The number of methoxy groups -OCH3 is 2. The van der Waals surface area contributed by atoms with E-state index in [4.69, 9.17) is 9.47 Å². The van der Waals surface area contributed by atoms with Gasteiger partial charge < -0.3 is 20.1 Å². The molecule has 1 aromatic heterocycles. The summed E-state index contributed by atoms with van der Waals surface area (Å²) < 4.78 is 10.2. The van der Waals surface area contributed by atoms with Crippen LogP contribution in [-0.2, 0) is 22.4 Å². The molecule has 3 aromatic rings. The Labute approximate surface area is 175 Å². The van der Waals surface area contributed by atoms with E-state index < -0.39 is 0 Å². The highest BCUT2D eigenvalue weighted by molar-refractivity contribution is 5.93. The molecular weight excluding hydrogens is 382 g/mol. The highest BCUT2D eigenvalue weighted by Gasteiger charge is 2.09. The zero-order valence-corrected chi connectivity index (χ0v) is 16.8. The molecule has 7 heteroatoms. The van der Waals surface area contributed by atoms with Crippen LogP contribution in [0.25, 0.3) is 0 Å². The molecule has 2 aromatic carbocycles. The molecule has 1 heterocycles. The number of nitrogens with zero attached hydrogens (tertiary/aromatic N) is 1. The number of pyridine rings is 1. The first-order valence-electron chi connectivity index (χ1n) is 9.38. The van der Waals surface area contributed by atoms with Gasteiger partial charge in [0.25, 0.3) is 0 Å². The molecule has 0 fully saturated rings. The van der Waals surface area contributed by atoms with Crippen molar-refractivity contribution in [1.29, 1.82) is 0 Å². The maximum absolute atomic E-state index is 12.3. The number of benzene rings is 2. The van der Waals surface area contributed by atoms with Gasteiger partial charge in [0, 0.05) is 0 Å². The molecule has 0 aliphatic carbocycles. The predicted octanol–water partition coefficient (Wildman–Crippen LogP) is 3.46. The van der Waals surface area contributed by atoms with Crippen LogP contribution >= 0.6 is 0 Å². The molecule has 0 saturated heterocycles. The van der Waals surface area contributed by atoms with Crippen LogP contribution in [0.3, 0.4) is 0 Å². The third kappa shape index (κ3) is 6.07. The van der Waals surface area contributed by atoms with Gasteiger partial charge in [-0.15, -0.1) is 0 Å². The van der Waals surface area contributed by atoms with E-state index in [2.05, 4.69) is 15.6 Å². The second kappa shape index (κ2) is 10.1. The number of aromatic nitrogens is 1. The van der Waals surface area contributed by atoms with Crippen LogP contribution in [0, 0.1) is 0 Å². The molecule has 0 radical (unpaired) electrons. The maximum atomic E-state index is 12.3. The summed E-state index contributed by atoms with van der Waals surface area (Å²) in [6.45, 7) is 0. The topological polar surface area (TPSA) is 89.6 Å². The zero-order chi connectivity index (χ0) is 21.3. The summed E-state index contributed by atoms with van der Waals surface area (Å²) in [5.74, 6) is 1.81. The second-order valence-electron chi connectivity index (χ2n) is 6.55. The molecule has 0 aliphatic heterocycles. The Morgan fingerprint density at radius 3 is 1.47 bits per heavy atom. The van der Waals surface area contributed by atoms with Crippen LogP contribution in [0.2, 0.25) is 0 Å². The van der Waals surface area contributed by atoms with Crippen molar-refractivity contribution in [1.82, 2.24) is 4.98 Å². The van der Waals surface area contributed by atoms with Crippen LogP contribution in [0.1, 0.15) is 11.1 Å². The minimum absolute atomic E-state index is 0.200. The smallest absolute Gasteiger partial charge is 0.229 e. The lowest BCUT2D eigenvalue weighted by Gasteiger charge is -2.09. The number of nitrogens with one attached hydrogen (secondary N) is 2. The fourth-order valence-corrected chi connectivity index (χ4v) is 2.81. The molecule has 2 N–H and O–H groups in total. The van der Waals surface area contributed by atoms with E-state index in [1.807, 2.05) is 24.3 Å². The largest absolute Gasteiger partial charge is 0.497 e. The van der Waals surface area contributed by atoms with Crippen LogP contribution in [0.4, 0.5) is 11.6 Å². The summed E-state index contributed by atoms with van der Waals surface area (Å²) in [7, 11) is 3.19. The maximum Gasteiger partial charge on any atom is 0.229 e. The zero-order valence-electron chi connectivity index (χ0n) is 16.8. The number of hydrogen-bond donors (Lipinski definition) is 2. The van der Waals surface area contributed by atoms with E-state index >= 15 is 0 Å². The number of hydrogen-bond acceptors (Lipinski definition) is 5. The van der Waals surface area contributed by atoms with Crippen LogP contribution < -0.4 is 20.1 Å².